The molecule has 0 aliphatic carbocycles. The minimum absolute atomic E-state index is 0.257. The van der Waals surface area contributed by atoms with Crippen LogP contribution < -0.4 is 5.32 Å². The van der Waals surface area contributed by atoms with E-state index in [2.05, 4.69) is 24.1 Å². The van der Waals surface area contributed by atoms with Gasteiger partial charge in [0.2, 0.25) is 0 Å². The van der Waals surface area contributed by atoms with Gasteiger partial charge in [-0.1, -0.05) is 26.0 Å². The average molecular weight is 292 g/mol. The van der Waals surface area contributed by atoms with Gasteiger partial charge < -0.3 is 15.2 Å². The first-order valence-electron chi connectivity index (χ1n) is 6.60. The summed E-state index contributed by atoms with van der Waals surface area (Å²) < 4.78 is 5.22. The van der Waals surface area contributed by atoms with Gasteiger partial charge in [0.05, 0.1) is 12.3 Å². The Hall–Kier alpha value is -1.43. The van der Waals surface area contributed by atoms with E-state index in [0.29, 0.717) is 12.6 Å². The molecule has 0 amide bonds. The fourth-order valence-corrected chi connectivity index (χ4v) is 2.84. The van der Waals surface area contributed by atoms with Gasteiger partial charge in [-0.15, -0.1) is 11.3 Å². The van der Waals surface area contributed by atoms with E-state index in [1.54, 1.807) is 30.6 Å². The molecule has 2 N–H and O–H groups in total. The Balaban J connectivity index is 2.28. The normalized spacial score (nSPS) is 11.2. The second-order valence-corrected chi connectivity index (χ2v) is 5.99. The summed E-state index contributed by atoms with van der Waals surface area (Å²) in [5, 5.41) is 13.9. The monoisotopic (exact) mass is 292 g/mol. The highest BCUT2D eigenvalue weighted by atomic mass is 32.1. The van der Waals surface area contributed by atoms with Crippen LogP contribution in [-0.4, -0.2) is 23.2 Å². The molecule has 0 bridgehead atoms. The molecule has 0 fully saturated rings. The van der Waals surface area contributed by atoms with Crippen LogP contribution in [0.2, 0.25) is 0 Å². The van der Waals surface area contributed by atoms with Gasteiger partial charge in [0.15, 0.2) is 0 Å². The highest BCUT2D eigenvalue weighted by Crippen LogP contribution is 2.30. The van der Waals surface area contributed by atoms with Crippen LogP contribution in [0.1, 0.15) is 24.4 Å². The van der Waals surface area contributed by atoms with Crippen molar-refractivity contribution < 1.29 is 9.84 Å². The number of ether oxygens (including phenoxy) is 1. The van der Waals surface area contributed by atoms with Crippen LogP contribution in [0.5, 0.6) is 5.75 Å². The Morgan fingerprint density at radius 2 is 2.20 bits per heavy atom. The molecule has 0 saturated heterocycles. The lowest BCUT2D eigenvalue weighted by Gasteiger charge is -2.07. The fraction of sp³-hybridized carbons (Fsp3) is 0.400. The third-order valence-corrected chi connectivity index (χ3v) is 3.97. The van der Waals surface area contributed by atoms with E-state index in [1.807, 2.05) is 12.1 Å². The van der Waals surface area contributed by atoms with E-state index >= 15 is 0 Å². The SMILES string of the molecule is COCc1nc(-c2cccc(O)c2)sc1CNC(C)C. The number of aromatic nitrogens is 1. The van der Waals surface area contributed by atoms with Crippen LogP contribution in [0.25, 0.3) is 10.6 Å². The van der Waals surface area contributed by atoms with Crippen molar-refractivity contribution in [1.29, 1.82) is 0 Å². The number of phenols is 1. The van der Waals surface area contributed by atoms with Crippen molar-refractivity contribution in [2.24, 2.45) is 0 Å². The molecule has 0 spiro atoms. The van der Waals surface area contributed by atoms with Crippen molar-refractivity contribution in [3.63, 3.8) is 0 Å². The minimum atomic E-state index is 0.257. The zero-order valence-electron chi connectivity index (χ0n) is 12.0. The molecule has 0 atom stereocenters. The molecule has 1 aromatic carbocycles. The lowest BCUT2D eigenvalue weighted by molar-refractivity contribution is 0.181. The topological polar surface area (TPSA) is 54.4 Å². The van der Waals surface area contributed by atoms with E-state index in [1.165, 1.54) is 4.88 Å². The Kier molecular flexibility index (Phi) is 5.11. The molecule has 0 unspecified atom stereocenters. The summed E-state index contributed by atoms with van der Waals surface area (Å²) in [6.07, 6.45) is 0. The van der Waals surface area contributed by atoms with Crippen molar-refractivity contribution in [3.8, 4) is 16.3 Å². The first kappa shape index (κ1) is 15.0. The van der Waals surface area contributed by atoms with Crippen LogP contribution in [0, 0.1) is 0 Å². The molecule has 0 aliphatic heterocycles. The quantitative estimate of drug-likeness (QED) is 0.858. The maximum Gasteiger partial charge on any atom is 0.124 e. The number of phenolic OH excluding ortho intramolecular Hbond substituents is 1. The van der Waals surface area contributed by atoms with E-state index in [9.17, 15) is 5.11 Å². The Morgan fingerprint density at radius 1 is 1.40 bits per heavy atom. The molecule has 0 saturated carbocycles. The molecule has 5 heteroatoms. The predicted octanol–water partition coefficient (Wildman–Crippen LogP) is 3.16. The highest BCUT2D eigenvalue weighted by Gasteiger charge is 2.13. The van der Waals surface area contributed by atoms with Crippen molar-refractivity contribution >= 4 is 11.3 Å². The molecule has 2 aromatic rings. The van der Waals surface area contributed by atoms with Gasteiger partial charge in [-0.25, -0.2) is 4.98 Å². The minimum Gasteiger partial charge on any atom is -0.508 e. The van der Waals surface area contributed by atoms with Crippen molar-refractivity contribution in [3.05, 3.63) is 34.8 Å². The molecule has 0 aliphatic rings. The third-order valence-electron chi connectivity index (χ3n) is 2.82. The second kappa shape index (κ2) is 6.83. The number of rotatable bonds is 6. The van der Waals surface area contributed by atoms with Crippen molar-refractivity contribution in [1.82, 2.24) is 10.3 Å². The molecule has 1 aromatic heterocycles. The van der Waals surface area contributed by atoms with E-state index in [4.69, 9.17) is 4.74 Å². The summed E-state index contributed by atoms with van der Waals surface area (Å²) in [4.78, 5) is 5.81. The van der Waals surface area contributed by atoms with Gasteiger partial charge in [0, 0.05) is 30.1 Å². The second-order valence-electron chi connectivity index (χ2n) is 4.91. The molecule has 2 rings (SSSR count). The van der Waals surface area contributed by atoms with Gasteiger partial charge in [0.1, 0.15) is 10.8 Å². The van der Waals surface area contributed by atoms with Crippen LogP contribution in [0.3, 0.4) is 0 Å². The number of benzene rings is 1. The molecule has 0 radical (unpaired) electrons. The molecule has 4 nitrogen and oxygen atoms in total. The molecule has 20 heavy (non-hydrogen) atoms. The molecule has 1 heterocycles. The lowest BCUT2D eigenvalue weighted by Crippen LogP contribution is -2.21. The summed E-state index contributed by atoms with van der Waals surface area (Å²) in [6, 6.07) is 7.60. The first-order valence-corrected chi connectivity index (χ1v) is 7.42. The van der Waals surface area contributed by atoms with E-state index < -0.39 is 0 Å². The van der Waals surface area contributed by atoms with Crippen LogP contribution >= 0.6 is 11.3 Å². The van der Waals surface area contributed by atoms with Crippen molar-refractivity contribution in [2.75, 3.05) is 7.11 Å². The molecular weight excluding hydrogens is 272 g/mol. The van der Waals surface area contributed by atoms with Gasteiger partial charge >= 0.3 is 0 Å². The van der Waals surface area contributed by atoms with Gasteiger partial charge in [0.25, 0.3) is 0 Å². The number of nitrogens with zero attached hydrogens (tertiary/aromatic N) is 1. The van der Waals surface area contributed by atoms with Gasteiger partial charge in [-0.3, -0.25) is 0 Å². The van der Waals surface area contributed by atoms with Crippen LogP contribution in [0.15, 0.2) is 24.3 Å². The average Bonchev–Trinajstić information content (AvgIpc) is 2.80. The number of hydrogen-bond donors (Lipinski definition) is 2. The highest BCUT2D eigenvalue weighted by molar-refractivity contribution is 7.15. The molecule has 108 valence electrons. The largest absolute Gasteiger partial charge is 0.508 e. The summed E-state index contributed by atoms with van der Waals surface area (Å²) in [6.45, 7) is 5.53. The predicted molar refractivity (Wildman–Crippen MR) is 81.9 cm³/mol. The fourth-order valence-electron chi connectivity index (χ4n) is 1.83. The Labute approximate surface area is 123 Å². The van der Waals surface area contributed by atoms with Gasteiger partial charge in [-0.2, -0.15) is 0 Å². The number of thiazole rings is 1. The summed E-state index contributed by atoms with van der Waals surface area (Å²) in [7, 11) is 1.67. The Bertz CT molecular complexity index is 567. The standard InChI is InChI=1S/C15H20N2O2S/c1-10(2)16-8-14-13(9-19-3)17-15(20-14)11-5-4-6-12(18)7-11/h4-7,10,16,18H,8-9H2,1-3H3. The maximum absolute atomic E-state index is 9.57. The molecular formula is C15H20N2O2S. The van der Waals surface area contributed by atoms with E-state index in [-0.39, 0.29) is 5.75 Å². The Morgan fingerprint density at radius 3 is 2.85 bits per heavy atom. The smallest absolute Gasteiger partial charge is 0.124 e. The first-order chi connectivity index (χ1) is 9.60. The van der Waals surface area contributed by atoms with Crippen LogP contribution in [-0.2, 0) is 17.9 Å². The number of hydrogen-bond acceptors (Lipinski definition) is 5. The third kappa shape index (κ3) is 3.79. The van der Waals surface area contributed by atoms with Gasteiger partial charge in [-0.05, 0) is 12.1 Å². The zero-order valence-corrected chi connectivity index (χ0v) is 12.8. The number of methoxy groups -OCH3 is 1. The maximum atomic E-state index is 9.57. The lowest BCUT2D eigenvalue weighted by atomic mass is 10.2. The summed E-state index contributed by atoms with van der Waals surface area (Å²) in [5.74, 6) is 0.257. The number of nitrogens with one attached hydrogen (secondary N) is 1. The summed E-state index contributed by atoms with van der Waals surface area (Å²) >= 11 is 1.64. The van der Waals surface area contributed by atoms with Crippen molar-refractivity contribution in [2.45, 2.75) is 33.0 Å². The summed E-state index contributed by atoms with van der Waals surface area (Å²) in [5.41, 5.74) is 1.90. The zero-order chi connectivity index (χ0) is 14.5. The van der Waals surface area contributed by atoms with E-state index in [0.717, 1.165) is 22.8 Å². The van der Waals surface area contributed by atoms with Crippen LogP contribution in [0.4, 0.5) is 0 Å². The number of aromatic hydroxyl groups is 1.